The molecule has 0 aliphatic heterocycles. The Bertz CT molecular complexity index is 1320. The molecule has 1 amide bonds. The molecule has 0 rings (SSSR count). The summed E-state index contributed by atoms with van der Waals surface area (Å²) in [5.41, 5.74) is 0. The fraction of sp³-hybridized carbons (Fsp3) is 0.923. The van der Waals surface area contributed by atoms with Crippen LogP contribution in [-0.4, -0.2) is 47.4 Å². The second kappa shape index (κ2) is 73.8. The van der Waals surface area contributed by atoms with Crippen molar-refractivity contribution in [1.82, 2.24) is 5.32 Å². The van der Waals surface area contributed by atoms with Crippen molar-refractivity contribution in [2.45, 2.75) is 450 Å². The van der Waals surface area contributed by atoms with Gasteiger partial charge in [0.25, 0.3) is 0 Å². The van der Waals surface area contributed by atoms with Crippen molar-refractivity contribution in [3.05, 3.63) is 24.3 Å². The maximum Gasteiger partial charge on any atom is 0.305 e. The van der Waals surface area contributed by atoms with Crippen LogP contribution in [0.1, 0.15) is 438 Å². The number of rotatable bonds is 73. The molecule has 0 heterocycles. The van der Waals surface area contributed by atoms with Crippen LogP contribution in [0.15, 0.2) is 24.3 Å². The van der Waals surface area contributed by atoms with Crippen LogP contribution in [0.5, 0.6) is 0 Å². The highest BCUT2D eigenvalue weighted by molar-refractivity contribution is 5.76. The van der Waals surface area contributed by atoms with Crippen molar-refractivity contribution in [2.24, 2.45) is 0 Å². The first-order valence-electron chi connectivity index (χ1n) is 38.6. The largest absolute Gasteiger partial charge is 0.466 e. The van der Waals surface area contributed by atoms with Gasteiger partial charge in [0.05, 0.1) is 25.4 Å². The maximum absolute atomic E-state index is 12.6. The fourth-order valence-electron chi connectivity index (χ4n) is 12.4. The Morgan fingerprint density at radius 2 is 0.595 bits per heavy atom. The second-order valence-corrected chi connectivity index (χ2v) is 26.7. The van der Waals surface area contributed by atoms with Crippen LogP contribution >= 0.6 is 0 Å². The van der Waals surface area contributed by atoms with E-state index in [-0.39, 0.29) is 18.5 Å². The van der Waals surface area contributed by atoms with Crippen molar-refractivity contribution >= 4 is 11.9 Å². The average Bonchev–Trinajstić information content (AvgIpc) is 3.50. The predicted octanol–water partition coefficient (Wildman–Crippen LogP) is 25.3. The summed E-state index contributed by atoms with van der Waals surface area (Å²) in [6.07, 6.45) is 94.0. The number of aliphatic hydroxyl groups is 2. The highest BCUT2D eigenvalue weighted by Gasteiger charge is 2.20. The van der Waals surface area contributed by atoms with Crippen molar-refractivity contribution in [3.8, 4) is 0 Å². The predicted molar refractivity (Wildman–Crippen MR) is 370 cm³/mol. The summed E-state index contributed by atoms with van der Waals surface area (Å²) in [4.78, 5) is 24.6. The number of hydrogen-bond donors (Lipinski definition) is 3. The summed E-state index contributed by atoms with van der Waals surface area (Å²) >= 11 is 0. The van der Waals surface area contributed by atoms with Crippen LogP contribution in [0, 0.1) is 0 Å². The van der Waals surface area contributed by atoms with E-state index in [0.29, 0.717) is 25.9 Å². The van der Waals surface area contributed by atoms with E-state index < -0.39 is 12.1 Å². The Balaban J connectivity index is 3.39. The molecule has 0 saturated heterocycles. The summed E-state index contributed by atoms with van der Waals surface area (Å²) in [5, 5.41) is 23.5. The van der Waals surface area contributed by atoms with Gasteiger partial charge in [-0.1, -0.05) is 391 Å². The smallest absolute Gasteiger partial charge is 0.305 e. The standard InChI is InChI=1S/C78H151NO5/c1-3-5-7-9-11-13-15-17-18-19-20-21-22-32-35-38-41-44-47-50-54-58-62-66-70-76(81)75(74-80)79-77(82)71-67-63-59-55-51-48-45-42-39-36-33-30-28-26-24-23-25-27-29-31-34-37-40-43-46-49-53-57-61-65-69-73-84-78(83)72-68-64-60-56-52-16-14-12-10-8-6-4-2/h25,27,31,34,75-76,80-81H,3-24,26,28-30,32-33,35-74H2,1-2H3,(H,79,82)/b27-25-,34-31-. The van der Waals surface area contributed by atoms with Crippen molar-refractivity contribution in [1.29, 1.82) is 0 Å². The highest BCUT2D eigenvalue weighted by Crippen LogP contribution is 2.20. The van der Waals surface area contributed by atoms with Gasteiger partial charge in [-0.25, -0.2) is 0 Å². The van der Waals surface area contributed by atoms with E-state index in [1.54, 1.807) is 0 Å². The van der Waals surface area contributed by atoms with E-state index >= 15 is 0 Å². The van der Waals surface area contributed by atoms with Crippen LogP contribution in [0.4, 0.5) is 0 Å². The van der Waals surface area contributed by atoms with Gasteiger partial charge in [-0.2, -0.15) is 0 Å². The zero-order valence-electron chi connectivity index (χ0n) is 57.2. The minimum absolute atomic E-state index is 0.0148. The van der Waals surface area contributed by atoms with Gasteiger partial charge in [-0.15, -0.1) is 0 Å². The normalized spacial score (nSPS) is 12.6. The van der Waals surface area contributed by atoms with E-state index in [1.165, 1.54) is 360 Å². The molecule has 6 nitrogen and oxygen atoms in total. The number of ether oxygens (including phenoxy) is 1. The van der Waals surface area contributed by atoms with Crippen LogP contribution in [0.2, 0.25) is 0 Å². The van der Waals surface area contributed by atoms with Crippen molar-refractivity contribution < 1.29 is 24.5 Å². The molecule has 0 aromatic rings. The van der Waals surface area contributed by atoms with Crippen molar-refractivity contribution in [3.63, 3.8) is 0 Å². The van der Waals surface area contributed by atoms with E-state index in [0.717, 1.165) is 44.9 Å². The first-order valence-corrected chi connectivity index (χ1v) is 38.6. The number of allylic oxidation sites excluding steroid dienone is 4. The van der Waals surface area contributed by atoms with Gasteiger partial charge in [0.1, 0.15) is 0 Å². The molecule has 0 aromatic heterocycles. The lowest BCUT2D eigenvalue weighted by atomic mass is 10.0. The summed E-state index contributed by atoms with van der Waals surface area (Å²) in [6, 6.07) is -0.542. The number of unbranched alkanes of at least 4 members (excludes halogenated alkanes) is 58. The van der Waals surface area contributed by atoms with E-state index in [1.807, 2.05) is 0 Å². The van der Waals surface area contributed by atoms with Gasteiger partial charge in [-0.05, 0) is 57.8 Å². The van der Waals surface area contributed by atoms with Crippen LogP contribution < -0.4 is 5.32 Å². The zero-order chi connectivity index (χ0) is 60.6. The lowest BCUT2D eigenvalue weighted by Gasteiger charge is -2.22. The first-order chi connectivity index (χ1) is 41.5. The van der Waals surface area contributed by atoms with Gasteiger partial charge in [0.2, 0.25) is 5.91 Å². The summed E-state index contributed by atoms with van der Waals surface area (Å²) in [7, 11) is 0. The number of hydrogen-bond acceptors (Lipinski definition) is 5. The van der Waals surface area contributed by atoms with Crippen LogP contribution in [-0.2, 0) is 14.3 Å². The SMILES string of the molecule is CCCCCCCCCCCCCCCCCCCCCCCCCCC(O)C(CO)NC(=O)CCCCCCCCCCCCCCCCC/C=C\C/C=C\CCCCCCCCCCCOC(=O)CCCCCCCCCCCCCC. The molecule has 6 heteroatoms. The Morgan fingerprint density at radius 1 is 0.333 bits per heavy atom. The second-order valence-electron chi connectivity index (χ2n) is 26.7. The molecule has 0 aromatic carbocycles. The monoisotopic (exact) mass is 1180 g/mol. The Hall–Kier alpha value is -1.66. The summed E-state index contributed by atoms with van der Waals surface area (Å²) in [6.45, 7) is 5.00. The van der Waals surface area contributed by atoms with Gasteiger partial charge < -0.3 is 20.3 Å². The van der Waals surface area contributed by atoms with Gasteiger partial charge in [0.15, 0.2) is 0 Å². The topological polar surface area (TPSA) is 95.9 Å². The summed E-state index contributed by atoms with van der Waals surface area (Å²) < 4.78 is 5.48. The minimum atomic E-state index is -0.665. The molecular formula is C78H151NO5. The van der Waals surface area contributed by atoms with Gasteiger partial charge in [-0.3, -0.25) is 9.59 Å². The molecule has 0 spiro atoms. The molecule has 498 valence electrons. The number of amides is 1. The molecule has 0 saturated carbocycles. The zero-order valence-corrected chi connectivity index (χ0v) is 57.2. The molecule has 84 heavy (non-hydrogen) atoms. The first kappa shape index (κ1) is 82.3. The van der Waals surface area contributed by atoms with Crippen molar-refractivity contribution in [2.75, 3.05) is 13.2 Å². The third-order valence-corrected chi connectivity index (χ3v) is 18.3. The Labute approximate surface area is 526 Å². The Morgan fingerprint density at radius 3 is 0.905 bits per heavy atom. The fourth-order valence-corrected chi connectivity index (χ4v) is 12.4. The van der Waals surface area contributed by atoms with Crippen LogP contribution in [0.25, 0.3) is 0 Å². The molecule has 3 N–H and O–H groups in total. The molecule has 0 bridgehead atoms. The Kier molecular flexibility index (Phi) is 72.3. The molecule has 2 atom stereocenters. The lowest BCUT2D eigenvalue weighted by molar-refractivity contribution is -0.143. The minimum Gasteiger partial charge on any atom is -0.466 e. The molecule has 0 aliphatic rings. The number of esters is 1. The summed E-state index contributed by atoms with van der Waals surface area (Å²) in [5.74, 6) is -0.0140. The molecule has 0 aliphatic carbocycles. The molecule has 0 radical (unpaired) electrons. The third-order valence-electron chi connectivity index (χ3n) is 18.3. The van der Waals surface area contributed by atoms with E-state index in [9.17, 15) is 19.8 Å². The van der Waals surface area contributed by atoms with Crippen LogP contribution in [0.3, 0.4) is 0 Å². The quantitative estimate of drug-likeness (QED) is 0.0320. The molecular weight excluding hydrogens is 1030 g/mol. The maximum atomic E-state index is 12.6. The number of carbonyl (C=O) groups excluding carboxylic acids is 2. The van der Waals surface area contributed by atoms with E-state index in [2.05, 4.69) is 43.5 Å². The van der Waals surface area contributed by atoms with Gasteiger partial charge >= 0.3 is 5.97 Å². The molecule has 0 fully saturated rings. The average molecular weight is 1180 g/mol. The highest BCUT2D eigenvalue weighted by atomic mass is 16.5. The number of nitrogens with one attached hydrogen (secondary N) is 1. The number of carbonyl (C=O) groups is 2. The number of aliphatic hydroxyl groups excluding tert-OH is 2. The lowest BCUT2D eigenvalue weighted by Crippen LogP contribution is -2.45. The van der Waals surface area contributed by atoms with E-state index in [4.69, 9.17) is 4.74 Å². The third kappa shape index (κ3) is 69.4. The van der Waals surface area contributed by atoms with Gasteiger partial charge in [0, 0.05) is 12.8 Å². The molecule has 2 unspecified atom stereocenters.